The van der Waals surface area contributed by atoms with Crippen LogP contribution in [0.25, 0.3) is 0 Å². The van der Waals surface area contributed by atoms with Gasteiger partial charge in [0.1, 0.15) is 5.82 Å². The van der Waals surface area contributed by atoms with Gasteiger partial charge in [0.2, 0.25) is 5.91 Å². The summed E-state index contributed by atoms with van der Waals surface area (Å²) >= 11 is 0. The minimum atomic E-state index is -0.278. The van der Waals surface area contributed by atoms with E-state index in [1.807, 2.05) is 4.90 Å². The van der Waals surface area contributed by atoms with Gasteiger partial charge in [-0.3, -0.25) is 9.69 Å². The summed E-state index contributed by atoms with van der Waals surface area (Å²) in [6.07, 6.45) is 3.17. The number of carbonyl (C=O) groups is 1. The third kappa shape index (κ3) is 3.47. The van der Waals surface area contributed by atoms with Crippen molar-refractivity contribution in [2.24, 2.45) is 0 Å². The Hall–Kier alpha value is -1.46. The average Bonchev–Trinajstić information content (AvgIpc) is 2.96. The molecule has 120 valence electrons. The number of hydrogen-bond acceptors (Lipinski definition) is 3. The molecular formula is C17H23FN2O2. The van der Waals surface area contributed by atoms with Gasteiger partial charge < -0.3 is 10.0 Å². The molecule has 1 aromatic rings. The van der Waals surface area contributed by atoms with E-state index >= 15 is 0 Å². The zero-order valence-corrected chi connectivity index (χ0v) is 12.7. The smallest absolute Gasteiger partial charge is 0.227 e. The molecule has 2 fully saturated rings. The lowest BCUT2D eigenvalue weighted by Gasteiger charge is -2.39. The molecule has 1 saturated heterocycles. The first-order valence-corrected chi connectivity index (χ1v) is 8.08. The van der Waals surface area contributed by atoms with Crippen molar-refractivity contribution in [2.75, 3.05) is 26.2 Å². The minimum absolute atomic E-state index is 0.0956. The lowest BCUT2D eigenvalue weighted by Crippen LogP contribution is -2.53. The van der Waals surface area contributed by atoms with Crippen LogP contribution in [-0.2, 0) is 11.2 Å². The van der Waals surface area contributed by atoms with Crippen molar-refractivity contribution in [1.82, 2.24) is 9.80 Å². The third-order valence-electron chi connectivity index (χ3n) is 4.85. The topological polar surface area (TPSA) is 43.8 Å². The molecule has 2 atom stereocenters. The van der Waals surface area contributed by atoms with Crippen LogP contribution in [0.5, 0.6) is 0 Å². The summed E-state index contributed by atoms with van der Waals surface area (Å²) in [6.45, 7) is 3.08. The Bertz CT molecular complexity index is 512. The first-order valence-electron chi connectivity index (χ1n) is 8.08. The molecule has 3 rings (SSSR count). The van der Waals surface area contributed by atoms with E-state index in [0.29, 0.717) is 19.5 Å². The summed E-state index contributed by atoms with van der Waals surface area (Å²) in [6, 6.07) is 6.38. The molecule has 1 heterocycles. The molecule has 22 heavy (non-hydrogen) atoms. The molecular weight excluding hydrogens is 283 g/mol. The van der Waals surface area contributed by atoms with Crippen molar-refractivity contribution in [1.29, 1.82) is 0 Å². The lowest BCUT2D eigenvalue weighted by molar-refractivity contribution is -0.132. The fourth-order valence-electron chi connectivity index (χ4n) is 3.54. The molecule has 1 N–H and O–H groups in total. The summed E-state index contributed by atoms with van der Waals surface area (Å²) in [5.41, 5.74) is 0.847. The maximum atomic E-state index is 12.9. The normalized spacial score (nSPS) is 26.4. The van der Waals surface area contributed by atoms with Gasteiger partial charge in [0.25, 0.3) is 0 Å². The largest absolute Gasteiger partial charge is 0.391 e. The SMILES string of the molecule is O=C(Cc1ccc(F)cc1)N1CCN([C@@H]2CCC[C@@H]2O)CC1. The Labute approximate surface area is 130 Å². The number of carbonyl (C=O) groups excluding carboxylic acids is 1. The second-order valence-electron chi connectivity index (χ2n) is 6.29. The van der Waals surface area contributed by atoms with E-state index in [9.17, 15) is 14.3 Å². The van der Waals surface area contributed by atoms with Gasteiger partial charge >= 0.3 is 0 Å². The molecule has 1 aliphatic carbocycles. The van der Waals surface area contributed by atoms with Gasteiger partial charge in [-0.1, -0.05) is 12.1 Å². The van der Waals surface area contributed by atoms with Crippen LogP contribution in [0.2, 0.25) is 0 Å². The van der Waals surface area contributed by atoms with Crippen LogP contribution in [0.15, 0.2) is 24.3 Å². The van der Waals surface area contributed by atoms with Gasteiger partial charge in [0, 0.05) is 32.2 Å². The highest BCUT2D eigenvalue weighted by Crippen LogP contribution is 2.25. The van der Waals surface area contributed by atoms with Crippen molar-refractivity contribution in [2.45, 2.75) is 37.8 Å². The van der Waals surface area contributed by atoms with E-state index < -0.39 is 0 Å². The first-order chi connectivity index (χ1) is 10.6. The Kier molecular flexibility index (Phi) is 4.74. The molecule has 1 saturated carbocycles. The Morgan fingerprint density at radius 3 is 2.41 bits per heavy atom. The van der Waals surface area contributed by atoms with Crippen molar-refractivity contribution in [3.8, 4) is 0 Å². The Balaban J connectivity index is 1.50. The van der Waals surface area contributed by atoms with Crippen LogP contribution in [0, 0.1) is 5.82 Å². The fraction of sp³-hybridized carbons (Fsp3) is 0.588. The monoisotopic (exact) mass is 306 g/mol. The molecule has 1 amide bonds. The summed E-state index contributed by atoms with van der Waals surface area (Å²) < 4.78 is 12.9. The zero-order valence-electron chi connectivity index (χ0n) is 12.7. The average molecular weight is 306 g/mol. The quantitative estimate of drug-likeness (QED) is 0.919. The number of aliphatic hydroxyl groups is 1. The Morgan fingerprint density at radius 1 is 1.14 bits per heavy atom. The molecule has 1 aliphatic heterocycles. The number of halogens is 1. The summed E-state index contributed by atoms with van der Waals surface area (Å²) in [7, 11) is 0. The standard InChI is InChI=1S/C17H23FN2O2/c18-14-6-4-13(5-7-14)12-17(22)20-10-8-19(9-11-20)15-2-1-3-16(15)21/h4-7,15-16,21H,1-3,8-12H2/t15-,16+/m1/s1. The predicted molar refractivity (Wildman–Crippen MR) is 81.9 cm³/mol. The number of benzene rings is 1. The van der Waals surface area contributed by atoms with Gasteiger partial charge in [-0.05, 0) is 37.0 Å². The van der Waals surface area contributed by atoms with E-state index in [-0.39, 0.29) is 23.9 Å². The maximum Gasteiger partial charge on any atom is 0.227 e. The lowest BCUT2D eigenvalue weighted by atomic mass is 10.1. The van der Waals surface area contributed by atoms with Crippen LogP contribution >= 0.6 is 0 Å². The van der Waals surface area contributed by atoms with Crippen LogP contribution in [0.4, 0.5) is 4.39 Å². The van der Waals surface area contributed by atoms with Crippen LogP contribution in [0.3, 0.4) is 0 Å². The van der Waals surface area contributed by atoms with Gasteiger partial charge in [-0.25, -0.2) is 4.39 Å². The second kappa shape index (κ2) is 6.75. The number of piperazine rings is 1. The molecule has 0 spiro atoms. The highest BCUT2D eigenvalue weighted by atomic mass is 19.1. The van der Waals surface area contributed by atoms with Crippen LogP contribution in [-0.4, -0.2) is 59.1 Å². The highest BCUT2D eigenvalue weighted by molar-refractivity contribution is 5.78. The Morgan fingerprint density at radius 2 is 1.82 bits per heavy atom. The van der Waals surface area contributed by atoms with E-state index in [4.69, 9.17) is 0 Å². The number of rotatable bonds is 3. The zero-order chi connectivity index (χ0) is 15.5. The van der Waals surface area contributed by atoms with Crippen molar-refractivity contribution in [3.05, 3.63) is 35.6 Å². The molecule has 0 bridgehead atoms. The number of aliphatic hydroxyl groups excluding tert-OH is 1. The maximum absolute atomic E-state index is 12.9. The van der Waals surface area contributed by atoms with Crippen LogP contribution < -0.4 is 0 Å². The molecule has 0 aromatic heterocycles. The van der Waals surface area contributed by atoms with Crippen LogP contribution in [0.1, 0.15) is 24.8 Å². The molecule has 0 unspecified atom stereocenters. The molecule has 1 aromatic carbocycles. The number of hydrogen-bond donors (Lipinski definition) is 1. The van der Waals surface area contributed by atoms with Gasteiger partial charge in [0.15, 0.2) is 0 Å². The van der Waals surface area contributed by atoms with Crippen molar-refractivity contribution >= 4 is 5.91 Å². The molecule has 4 nitrogen and oxygen atoms in total. The van der Waals surface area contributed by atoms with Crippen molar-refractivity contribution in [3.63, 3.8) is 0 Å². The van der Waals surface area contributed by atoms with E-state index in [1.54, 1.807) is 12.1 Å². The molecule has 5 heteroatoms. The molecule has 0 radical (unpaired) electrons. The number of nitrogens with zero attached hydrogens (tertiary/aromatic N) is 2. The predicted octanol–water partition coefficient (Wildman–Crippen LogP) is 1.43. The number of amides is 1. The molecule has 2 aliphatic rings. The minimum Gasteiger partial charge on any atom is -0.391 e. The van der Waals surface area contributed by atoms with E-state index in [0.717, 1.165) is 37.9 Å². The van der Waals surface area contributed by atoms with Gasteiger partial charge in [-0.2, -0.15) is 0 Å². The summed E-state index contributed by atoms with van der Waals surface area (Å²) in [5.74, 6) is -0.182. The third-order valence-corrected chi connectivity index (χ3v) is 4.85. The summed E-state index contributed by atoms with van der Waals surface area (Å²) in [4.78, 5) is 16.5. The van der Waals surface area contributed by atoms with E-state index in [1.165, 1.54) is 12.1 Å². The first kappa shape index (κ1) is 15.4. The van der Waals surface area contributed by atoms with Gasteiger partial charge in [-0.15, -0.1) is 0 Å². The van der Waals surface area contributed by atoms with E-state index in [2.05, 4.69) is 4.90 Å². The second-order valence-corrected chi connectivity index (χ2v) is 6.29. The van der Waals surface area contributed by atoms with Gasteiger partial charge in [0.05, 0.1) is 12.5 Å². The fourth-order valence-corrected chi connectivity index (χ4v) is 3.54. The highest BCUT2D eigenvalue weighted by Gasteiger charge is 2.33. The van der Waals surface area contributed by atoms with Crippen molar-refractivity contribution < 1.29 is 14.3 Å². The summed E-state index contributed by atoms with van der Waals surface area (Å²) in [5, 5.41) is 9.98.